The van der Waals surface area contributed by atoms with Crippen LogP contribution in [0.1, 0.15) is 10.4 Å². The van der Waals surface area contributed by atoms with Crippen molar-refractivity contribution in [2.75, 3.05) is 14.2 Å². The average molecular weight is 371 g/mol. The highest BCUT2D eigenvalue weighted by atomic mass is 35.5. The summed E-state index contributed by atoms with van der Waals surface area (Å²) in [5.41, 5.74) is 1.72. The van der Waals surface area contributed by atoms with Crippen molar-refractivity contribution >= 4 is 17.6 Å². The number of nitrogens with zero attached hydrogens (tertiary/aromatic N) is 2. The number of hydrogen-bond acceptors (Lipinski definition) is 5. The van der Waals surface area contributed by atoms with Crippen LogP contribution in [0.4, 0.5) is 0 Å². The van der Waals surface area contributed by atoms with E-state index in [-0.39, 0.29) is 23.1 Å². The van der Waals surface area contributed by atoms with Crippen LogP contribution in [0.25, 0.3) is 22.5 Å². The van der Waals surface area contributed by atoms with Gasteiger partial charge in [0.1, 0.15) is 0 Å². The molecule has 0 aliphatic carbocycles. The third kappa shape index (κ3) is 3.45. The van der Waals surface area contributed by atoms with Crippen LogP contribution < -0.4 is 9.47 Å². The molecule has 0 bridgehead atoms. The third-order valence-corrected chi connectivity index (χ3v) is 4.02. The fourth-order valence-electron chi connectivity index (χ4n) is 2.57. The summed E-state index contributed by atoms with van der Waals surface area (Å²) in [6, 6.07) is 13.6. The van der Waals surface area contributed by atoms with E-state index in [4.69, 9.17) is 21.1 Å². The fraction of sp³-hybridized carbons (Fsp3) is 0.105. The maximum Gasteiger partial charge on any atom is 0.337 e. The summed E-state index contributed by atoms with van der Waals surface area (Å²) in [5, 5.41) is 10.4. The maximum absolute atomic E-state index is 12.0. The minimum absolute atomic E-state index is 0.0881. The Labute approximate surface area is 155 Å². The first kappa shape index (κ1) is 17.7. The molecule has 0 aliphatic rings. The average Bonchev–Trinajstić information content (AvgIpc) is 2.67. The van der Waals surface area contributed by atoms with E-state index in [1.54, 1.807) is 42.5 Å². The van der Waals surface area contributed by atoms with Crippen LogP contribution in [0.3, 0.4) is 0 Å². The molecule has 1 N–H and O–H groups in total. The summed E-state index contributed by atoms with van der Waals surface area (Å²) in [5.74, 6) is -0.328. The quantitative estimate of drug-likeness (QED) is 0.725. The molecule has 0 amide bonds. The van der Waals surface area contributed by atoms with Crippen molar-refractivity contribution in [1.82, 2.24) is 9.97 Å². The topological polar surface area (TPSA) is 81.5 Å². The largest absolute Gasteiger partial charge is 0.481 e. The smallest absolute Gasteiger partial charge is 0.337 e. The highest BCUT2D eigenvalue weighted by Crippen LogP contribution is 2.33. The number of carboxylic acids is 1. The van der Waals surface area contributed by atoms with Crippen molar-refractivity contribution in [1.29, 1.82) is 0 Å². The predicted octanol–water partition coefficient (Wildman–Crippen LogP) is 4.18. The van der Waals surface area contributed by atoms with Gasteiger partial charge in [-0.3, -0.25) is 0 Å². The first-order valence-corrected chi connectivity index (χ1v) is 8.01. The van der Waals surface area contributed by atoms with Gasteiger partial charge in [-0.15, -0.1) is 0 Å². The van der Waals surface area contributed by atoms with Crippen LogP contribution in [0, 0.1) is 0 Å². The first-order valence-electron chi connectivity index (χ1n) is 7.63. The molecular weight excluding hydrogens is 356 g/mol. The van der Waals surface area contributed by atoms with Gasteiger partial charge in [-0.2, -0.15) is 9.97 Å². The lowest BCUT2D eigenvalue weighted by Gasteiger charge is -2.12. The molecule has 0 fully saturated rings. The highest BCUT2D eigenvalue weighted by molar-refractivity contribution is 6.30. The van der Waals surface area contributed by atoms with Gasteiger partial charge in [0.05, 0.1) is 25.8 Å². The fourth-order valence-corrected chi connectivity index (χ4v) is 2.70. The maximum atomic E-state index is 12.0. The number of methoxy groups -OCH3 is 2. The minimum atomic E-state index is -1.09. The molecule has 0 unspecified atom stereocenters. The van der Waals surface area contributed by atoms with Gasteiger partial charge in [0, 0.05) is 10.6 Å². The number of aromatic carboxylic acids is 1. The van der Waals surface area contributed by atoms with Gasteiger partial charge in [0.25, 0.3) is 0 Å². The Hall–Kier alpha value is -3.12. The lowest BCUT2D eigenvalue weighted by atomic mass is 9.95. The monoisotopic (exact) mass is 370 g/mol. The van der Waals surface area contributed by atoms with Crippen molar-refractivity contribution in [2.24, 2.45) is 0 Å². The Morgan fingerprint density at radius 2 is 1.54 bits per heavy atom. The molecule has 0 radical (unpaired) electrons. The molecule has 7 heteroatoms. The van der Waals surface area contributed by atoms with E-state index in [0.29, 0.717) is 16.1 Å². The lowest BCUT2D eigenvalue weighted by Crippen LogP contribution is -2.05. The summed E-state index contributed by atoms with van der Waals surface area (Å²) in [7, 11) is 2.93. The molecule has 3 aromatic rings. The van der Waals surface area contributed by atoms with E-state index < -0.39 is 5.97 Å². The molecule has 132 valence electrons. The van der Waals surface area contributed by atoms with E-state index in [1.807, 2.05) is 0 Å². The predicted molar refractivity (Wildman–Crippen MR) is 98.0 cm³/mol. The summed E-state index contributed by atoms with van der Waals surface area (Å²) < 4.78 is 10.3. The number of rotatable bonds is 5. The van der Waals surface area contributed by atoms with Gasteiger partial charge in [-0.25, -0.2) is 4.79 Å². The standard InChI is InChI=1S/C19H15ClN2O4/c1-25-15-10-16(26-2)22-18(21-15)14-5-3-4-13(17(14)19(23)24)11-6-8-12(20)9-7-11/h3-10H,1-2H3,(H,23,24). The van der Waals surface area contributed by atoms with E-state index in [2.05, 4.69) is 9.97 Å². The number of benzene rings is 2. The third-order valence-electron chi connectivity index (χ3n) is 3.77. The number of aromatic nitrogens is 2. The van der Waals surface area contributed by atoms with Crippen LogP contribution >= 0.6 is 11.6 Å². The second-order valence-electron chi connectivity index (χ2n) is 5.32. The van der Waals surface area contributed by atoms with Gasteiger partial charge < -0.3 is 14.6 Å². The Morgan fingerprint density at radius 1 is 0.962 bits per heavy atom. The van der Waals surface area contributed by atoms with Gasteiger partial charge in [-0.05, 0) is 23.3 Å². The number of carboxylic acid groups (broad SMARTS) is 1. The van der Waals surface area contributed by atoms with E-state index in [1.165, 1.54) is 20.3 Å². The number of carbonyl (C=O) groups is 1. The van der Waals surface area contributed by atoms with Gasteiger partial charge in [-0.1, -0.05) is 41.9 Å². The highest BCUT2D eigenvalue weighted by Gasteiger charge is 2.20. The molecule has 2 aromatic carbocycles. The second-order valence-corrected chi connectivity index (χ2v) is 5.75. The van der Waals surface area contributed by atoms with Crippen molar-refractivity contribution < 1.29 is 19.4 Å². The van der Waals surface area contributed by atoms with E-state index >= 15 is 0 Å². The van der Waals surface area contributed by atoms with E-state index in [0.717, 1.165) is 5.56 Å². The van der Waals surface area contributed by atoms with Crippen LogP contribution in [0.15, 0.2) is 48.5 Å². The van der Waals surface area contributed by atoms with Crippen molar-refractivity contribution in [3.05, 3.63) is 59.1 Å². The Balaban J connectivity index is 2.24. The number of hydrogen-bond donors (Lipinski definition) is 1. The Morgan fingerprint density at radius 3 is 2.08 bits per heavy atom. The van der Waals surface area contributed by atoms with Crippen LogP contribution in [0.5, 0.6) is 11.8 Å². The molecule has 6 nitrogen and oxygen atoms in total. The molecular formula is C19H15ClN2O4. The lowest BCUT2D eigenvalue weighted by molar-refractivity contribution is 0.0698. The van der Waals surface area contributed by atoms with Gasteiger partial charge in [0.15, 0.2) is 5.82 Å². The van der Waals surface area contributed by atoms with Crippen molar-refractivity contribution in [2.45, 2.75) is 0 Å². The van der Waals surface area contributed by atoms with Crippen molar-refractivity contribution in [3.8, 4) is 34.3 Å². The molecule has 1 aromatic heterocycles. The Kier molecular flexibility index (Phi) is 5.04. The molecule has 0 saturated carbocycles. The molecule has 0 saturated heterocycles. The summed E-state index contributed by atoms with van der Waals surface area (Å²) >= 11 is 5.93. The Bertz CT molecular complexity index is 936. The first-order chi connectivity index (χ1) is 12.5. The van der Waals surface area contributed by atoms with Crippen LogP contribution in [-0.2, 0) is 0 Å². The van der Waals surface area contributed by atoms with E-state index in [9.17, 15) is 9.90 Å². The zero-order chi connectivity index (χ0) is 18.7. The van der Waals surface area contributed by atoms with Gasteiger partial charge in [0.2, 0.25) is 11.8 Å². The molecule has 0 aliphatic heterocycles. The summed E-state index contributed by atoms with van der Waals surface area (Å²) in [4.78, 5) is 20.5. The minimum Gasteiger partial charge on any atom is -0.481 e. The van der Waals surface area contributed by atoms with Gasteiger partial charge >= 0.3 is 5.97 Å². The van der Waals surface area contributed by atoms with Crippen LogP contribution in [-0.4, -0.2) is 35.3 Å². The summed E-state index contributed by atoms with van der Waals surface area (Å²) in [6.07, 6.45) is 0. The molecule has 0 atom stereocenters. The summed E-state index contributed by atoms with van der Waals surface area (Å²) in [6.45, 7) is 0. The molecule has 1 heterocycles. The molecule has 3 rings (SSSR count). The molecule has 26 heavy (non-hydrogen) atoms. The molecule has 0 spiro atoms. The SMILES string of the molecule is COc1cc(OC)nc(-c2cccc(-c3ccc(Cl)cc3)c2C(=O)O)n1. The zero-order valence-corrected chi connectivity index (χ0v) is 14.8. The van der Waals surface area contributed by atoms with Crippen LogP contribution in [0.2, 0.25) is 5.02 Å². The second kappa shape index (κ2) is 7.41. The number of halogens is 1. The van der Waals surface area contributed by atoms with Crippen molar-refractivity contribution in [3.63, 3.8) is 0 Å². The number of ether oxygens (including phenoxy) is 2. The normalized spacial score (nSPS) is 10.4. The zero-order valence-electron chi connectivity index (χ0n) is 14.1.